The van der Waals surface area contributed by atoms with Crippen molar-refractivity contribution in [3.63, 3.8) is 0 Å². The second-order valence-electron chi connectivity index (χ2n) is 3.98. The van der Waals surface area contributed by atoms with Crippen LogP contribution in [-0.4, -0.2) is 13.4 Å². The SMILES string of the molecule is Cc1ccc(S(=O)(=O)Nc2cc(Cl)ccn2)cc1N. The molecule has 3 N–H and O–H groups in total. The van der Waals surface area contributed by atoms with Crippen molar-refractivity contribution in [3.05, 3.63) is 47.1 Å². The van der Waals surface area contributed by atoms with Gasteiger partial charge in [0.25, 0.3) is 10.0 Å². The molecule has 2 rings (SSSR count). The van der Waals surface area contributed by atoms with Crippen LogP contribution < -0.4 is 10.5 Å². The molecule has 1 aromatic carbocycles. The van der Waals surface area contributed by atoms with E-state index in [1.54, 1.807) is 19.1 Å². The van der Waals surface area contributed by atoms with Gasteiger partial charge in [0.1, 0.15) is 5.82 Å². The summed E-state index contributed by atoms with van der Waals surface area (Å²) in [5.74, 6) is 0.159. The van der Waals surface area contributed by atoms with Crippen molar-refractivity contribution in [3.8, 4) is 0 Å². The van der Waals surface area contributed by atoms with Gasteiger partial charge in [-0.3, -0.25) is 4.72 Å². The molecule has 2 aromatic rings. The molecule has 0 fully saturated rings. The normalized spacial score (nSPS) is 11.3. The molecular weight excluding hydrogens is 286 g/mol. The molecule has 1 aromatic heterocycles. The fourth-order valence-corrected chi connectivity index (χ4v) is 2.64. The van der Waals surface area contributed by atoms with E-state index < -0.39 is 10.0 Å². The number of aromatic nitrogens is 1. The number of sulfonamides is 1. The number of nitrogens with two attached hydrogens (primary N) is 1. The van der Waals surface area contributed by atoms with Crippen molar-refractivity contribution >= 4 is 33.1 Å². The maximum Gasteiger partial charge on any atom is 0.263 e. The van der Waals surface area contributed by atoms with E-state index in [9.17, 15) is 8.42 Å². The number of nitrogens with zero attached hydrogens (tertiary/aromatic N) is 1. The molecular formula is C12H12ClN3O2S. The first kappa shape index (κ1) is 13.6. The third kappa shape index (κ3) is 3.15. The van der Waals surface area contributed by atoms with E-state index in [4.69, 9.17) is 17.3 Å². The van der Waals surface area contributed by atoms with Gasteiger partial charge in [-0.1, -0.05) is 17.7 Å². The van der Waals surface area contributed by atoms with Crippen LogP contribution in [0.2, 0.25) is 5.02 Å². The summed E-state index contributed by atoms with van der Waals surface area (Å²) in [4.78, 5) is 3.97. The summed E-state index contributed by atoms with van der Waals surface area (Å²) in [6.07, 6.45) is 1.42. The fourth-order valence-electron chi connectivity index (χ4n) is 1.44. The average Bonchev–Trinajstić information content (AvgIpc) is 2.32. The van der Waals surface area contributed by atoms with E-state index in [0.717, 1.165) is 5.56 Å². The van der Waals surface area contributed by atoms with Crippen molar-refractivity contribution in [2.24, 2.45) is 0 Å². The molecule has 0 radical (unpaired) electrons. The molecule has 7 heteroatoms. The van der Waals surface area contributed by atoms with Crippen molar-refractivity contribution in [2.45, 2.75) is 11.8 Å². The van der Waals surface area contributed by atoms with E-state index in [-0.39, 0.29) is 10.7 Å². The van der Waals surface area contributed by atoms with Crippen molar-refractivity contribution in [1.82, 2.24) is 4.98 Å². The minimum absolute atomic E-state index is 0.0809. The van der Waals surface area contributed by atoms with Crippen LogP contribution in [0.4, 0.5) is 11.5 Å². The Labute approximate surface area is 116 Å². The summed E-state index contributed by atoms with van der Waals surface area (Å²) in [7, 11) is -3.72. The van der Waals surface area contributed by atoms with Crippen LogP contribution in [0.5, 0.6) is 0 Å². The molecule has 0 aliphatic rings. The quantitative estimate of drug-likeness (QED) is 0.852. The molecule has 0 bridgehead atoms. The van der Waals surface area contributed by atoms with Gasteiger partial charge in [0, 0.05) is 23.0 Å². The molecule has 0 amide bonds. The van der Waals surface area contributed by atoms with Gasteiger partial charge in [-0.25, -0.2) is 13.4 Å². The van der Waals surface area contributed by atoms with Gasteiger partial charge in [-0.05, 0) is 30.7 Å². The summed E-state index contributed by atoms with van der Waals surface area (Å²) in [5.41, 5.74) is 6.94. The monoisotopic (exact) mass is 297 g/mol. The van der Waals surface area contributed by atoms with Crippen molar-refractivity contribution in [2.75, 3.05) is 10.5 Å². The lowest BCUT2D eigenvalue weighted by atomic mass is 10.2. The summed E-state index contributed by atoms with van der Waals surface area (Å²) < 4.78 is 26.6. The fraction of sp³-hybridized carbons (Fsp3) is 0.0833. The van der Waals surface area contributed by atoms with Crippen LogP contribution in [0.25, 0.3) is 0 Å². The number of nitrogens with one attached hydrogen (secondary N) is 1. The number of hydrogen-bond acceptors (Lipinski definition) is 4. The summed E-state index contributed by atoms with van der Waals surface area (Å²) in [6.45, 7) is 1.80. The van der Waals surface area contributed by atoms with Gasteiger partial charge in [-0.15, -0.1) is 0 Å². The second-order valence-corrected chi connectivity index (χ2v) is 6.10. The van der Waals surface area contributed by atoms with Gasteiger partial charge in [0.2, 0.25) is 0 Å². The number of nitrogen functional groups attached to an aromatic ring is 1. The lowest BCUT2D eigenvalue weighted by Gasteiger charge is -2.09. The molecule has 5 nitrogen and oxygen atoms in total. The van der Waals surface area contributed by atoms with E-state index >= 15 is 0 Å². The van der Waals surface area contributed by atoms with Crippen LogP contribution in [0.15, 0.2) is 41.4 Å². The number of hydrogen-bond donors (Lipinski definition) is 2. The predicted octanol–water partition coefficient (Wildman–Crippen LogP) is 2.43. The number of halogens is 1. The smallest absolute Gasteiger partial charge is 0.263 e. The molecule has 100 valence electrons. The molecule has 1 heterocycles. The number of rotatable bonds is 3. The van der Waals surface area contributed by atoms with Gasteiger partial charge < -0.3 is 5.73 Å². The summed E-state index contributed by atoms with van der Waals surface area (Å²) in [6, 6.07) is 7.52. The van der Waals surface area contributed by atoms with E-state index in [1.165, 1.54) is 24.4 Å². The van der Waals surface area contributed by atoms with Crippen molar-refractivity contribution in [1.29, 1.82) is 0 Å². The highest BCUT2D eigenvalue weighted by Gasteiger charge is 2.15. The first-order valence-electron chi connectivity index (χ1n) is 5.39. The van der Waals surface area contributed by atoms with E-state index in [2.05, 4.69) is 9.71 Å². The Balaban J connectivity index is 2.35. The Morgan fingerprint density at radius 1 is 1.26 bits per heavy atom. The van der Waals surface area contributed by atoms with Crippen molar-refractivity contribution < 1.29 is 8.42 Å². The lowest BCUT2D eigenvalue weighted by molar-refractivity contribution is 0.601. The molecule has 19 heavy (non-hydrogen) atoms. The Bertz CT molecular complexity index is 717. The number of anilines is 2. The van der Waals surface area contributed by atoms with Gasteiger partial charge >= 0.3 is 0 Å². The highest BCUT2D eigenvalue weighted by atomic mass is 35.5. The first-order valence-corrected chi connectivity index (χ1v) is 7.25. The summed E-state index contributed by atoms with van der Waals surface area (Å²) in [5, 5.41) is 0.399. The Morgan fingerprint density at radius 3 is 2.63 bits per heavy atom. The third-order valence-electron chi connectivity index (χ3n) is 2.52. The third-order valence-corrected chi connectivity index (χ3v) is 4.11. The van der Waals surface area contributed by atoms with Crippen LogP contribution in [-0.2, 0) is 10.0 Å². The molecule has 0 atom stereocenters. The Morgan fingerprint density at radius 2 is 2.00 bits per heavy atom. The Hall–Kier alpha value is -1.79. The first-order chi connectivity index (χ1) is 8.88. The summed E-state index contributed by atoms with van der Waals surface area (Å²) >= 11 is 5.77. The average molecular weight is 298 g/mol. The topological polar surface area (TPSA) is 85.1 Å². The van der Waals surface area contributed by atoms with Gasteiger partial charge in [-0.2, -0.15) is 0 Å². The van der Waals surface area contributed by atoms with Crippen LogP contribution in [0.3, 0.4) is 0 Å². The molecule has 0 saturated heterocycles. The molecule has 0 aliphatic heterocycles. The zero-order valence-electron chi connectivity index (χ0n) is 10.1. The lowest BCUT2D eigenvalue weighted by Crippen LogP contribution is -2.14. The highest BCUT2D eigenvalue weighted by Crippen LogP contribution is 2.20. The minimum atomic E-state index is -3.72. The Kier molecular flexibility index (Phi) is 3.64. The molecule has 0 unspecified atom stereocenters. The number of aryl methyl sites for hydroxylation is 1. The van der Waals surface area contributed by atoms with Crippen LogP contribution in [0.1, 0.15) is 5.56 Å². The zero-order valence-corrected chi connectivity index (χ0v) is 11.7. The van der Waals surface area contributed by atoms with Crippen LogP contribution >= 0.6 is 11.6 Å². The largest absolute Gasteiger partial charge is 0.398 e. The van der Waals surface area contributed by atoms with Gasteiger partial charge in [0.15, 0.2) is 0 Å². The maximum atomic E-state index is 12.1. The number of benzene rings is 1. The maximum absolute atomic E-state index is 12.1. The second kappa shape index (κ2) is 5.07. The number of pyridine rings is 1. The molecule has 0 saturated carbocycles. The molecule has 0 aliphatic carbocycles. The minimum Gasteiger partial charge on any atom is -0.398 e. The van der Waals surface area contributed by atoms with Crippen LogP contribution in [0, 0.1) is 6.92 Å². The zero-order chi connectivity index (χ0) is 14.0. The highest BCUT2D eigenvalue weighted by molar-refractivity contribution is 7.92. The van der Waals surface area contributed by atoms with Gasteiger partial charge in [0.05, 0.1) is 4.90 Å². The predicted molar refractivity (Wildman–Crippen MR) is 75.6 cm³/mol. The van der Waals surface area contributed by atoms with E-state index in [1.807, 2.05) is 0 Å². The molecule has 0 spiro atoms. The van der Waals surface area contributed by atoms with E-state index in [0.29, 0.717) is 10.7 Å². The standard InChI is InChI=1S/C12H12ClN3O2S/c1-8-2-3-10(7-11(8)14)19(17,18)16-12-6-9(13)4-5-15-12/h2-7H,14H2,1H3,(H,15,16).